The predicted molar refractivity (Wildman–Crippen MR) is 58.7 cm³/mol. The molecular weight excluding hydrogens is 278 g/mol. The number of carbonyl (C=O) groups excluding carboxylic acids is 1. The number of anilines is 1. The standard InChI is InChI=1S/C9H8BrN3O3/c10-5-1-8(14)13(4-5)7-3-11-6(2-12-7)9(15)16/h2-3,5H,1,4H2,(H,15,16). The van der Waals surface area contributed by atoms with Crippen molar-refractivity contribution in [1.82, 2.24) is 9.97 Å². The van der Waals surface area contributed by atoms with E-state index < -0.39 is 5.97 Å². The number of aromatic carboxylic acids is 1. The van der Waals surface area contributed by atoms with E-state index >= 15 is 0 Å². The summed E-state index contributed by atoms with van der Waals surface area (Å²) < 4.78 is 0. The number of carboxylic acids is 1. The second kappa shape index (κ2) is 4.17. The summed E-state index contributed by atoms with van der Waals surface area (Å²) in [6.45, 7) is 0.528. The maximum absolute atomic E-state index is 11.5. The SMILES string of the molecule is O=C(O)c1cnc(N2CC(Br)CC2=O)cn1. The molecule has 0 bridgehead atoms. The normalized spacial score (nSPS) is 20.2. The first-order valence-corrected chi connectivity index (χ1v) is 5.49. The van der Waals surface area contributed by atoms with Crippen molar-refractivity contribution in [1.29, 1.82) is 0 Å². The van der Waals surface area contributed by atoms with E-state index in [4.69, 9.17) is 5.11 Å². The van der Waals surface area contributed by atoms with Gasteiger partial charge in [-0.25, -0.2) is 14.8 Å². The second-order valence-electron chi connectivity index (χ2n) is 3.37. The Labute approximate surface area is 99.4 Å². The molecule has 1 N–H and O–H groups in total. The van der Waals surface area contributed by atoms with Crippen LogP contribution < -0.4 is 4.90 Å². The van der Waals surface area contributed by atoms with Gasteiger partial charge in [0, 0.05) is 17.8 Å². The van der Waals surface area contributed by atoms with Gasteiger partial charge in [-0.1, -0.05) is 15.9 Å². The van der Waals surface area contributed by atoms with Gasteiger partial charge in [0.1, 0.15) is 0 Å². The summed E-state index contributed by atoms with van der Waals surface area (Å²) in [5.41, 5.74) is -0.134. The third-order valence-corrected chi connectivity index (χ3v) is 2.83. The van der Waals surface area contributed by atoms with E-state index in [1.165, 1.54) is 11.1 Å². The van der Waals surface area contributed by atoms with Crippen molar-refractivity contribution in [2.24, 2.45) is 0 Å². The Balaban J connectivity index is 2.22. The first kappa shape index (κ1) is 11.0. The number of aromatic nitrogens is 2. The highest BCUT2D eigenvalue weighted by atomic mass is 79.9. The minimum absolute atomic E-state index is 0.0424. The molecule has 0 saturated carbocycles. The van der Waals surface area contributed by atoms with Crippen LogP contribution in [-0.4, -0.2) is 38.3 Å². The van der Waals surface area contributed by atoms with Gasteiger partial charge in [-0.15, -0.1) is 0 Å². The summed E-state index contributed by atoms with van der Waals surface area (Å²) in [5.74, 6) is -0.790. The molecule has 1 aliphatic heterocycles. The number of carboxylic acid groups (broad SMARTS) is 1. The van der Waals surface area contributed by atoms with Crippen LogP contribution >= 0.6 is 15.9 Å². The minimum atomic E-state index is -1.13. The van der Waals surface area contributed by atoms with Crippen LogP contribution in [0.15, 0.2) is 12.4 Å². The highest BCUT2D eigenvalue weighted by Crippen LogP contribution is 2.22. The van der Waals surface area contributed by atoms with Crippen LogP contribution in [0.5, 0.6) is 0 Å². The molecule has 2 rings (SSSR count). The van der Waals surface area contributed by atoms with E-state index in [0.29, 0.717) is 18.8 Å². The molecule has 1 aromatic heterocycles. The smallest absolute Gasteiger partial charge is 0.356 e. The average Bonchev–Trinajstić information content (AvgIpc) is 2.58. The Morgan fingerprint density at radius 1 is 1.50 bits per heavy atom. The molecule has 0 aromatic carbocycles. The van der Waals surface area contributed by atoms with Gasteiger partial charge in [0.15, 0.2) is 11.5 Å². The fourth-order valence-electron chi connectivity index (χ4n) is 1.46. The Bertz CT molecular complexity index is 434. The summed E-state index contributed by atoms with van der Waals surface area (Å²) in [6, 6.07) is 0. The maximum Gasteiger partial charge on any atom is 0.356 e. The largest absolute Gasteiger partial charge is 0.476 e. The average molecular weight is 286 g/mol. The lowest BCUT2D eigenvalue weighted by molar-refractivity contribution is -0.117. The van der Waals surface area contributed by atoms with Gasteiger partial charge in [-0.2, -0.15) is 0 Å². The molecule has 1 fully saturated rings. The Morgan fingerprint density at radius 2 is 2.25 bits per heavy atom. The number of carbonyl (C=O) groups is 2. The molecule has 1 amide bonds. The lowest BCUT2D eigenvalue weighted by Crippen LogP contribution is -2.25. The van der Waals surface area contributed by atoms with Crippen LogP contribution in [0.2, 0.25) is 0 Å². The van der Waals surface area contributed by atoms with Crippen molar-refractivity contribution in [2.75, 3.05) is 11.4 Å². The van der Waals surface area contributed by atoms with E-state index in [9.17, 15) is 9.59 Å². The monoisotopic (exact) mass is 285 g/mol. The highest BCUT2D eigenvalue weighted by molar-refractivity contribution is 9.09. The molecule has 16 heavy (non-hydrogen) atoms. The first-order valence-electron chi connectivity index (χ1n) is 4.57. The zero-order valence-electron chi connectivity index (χ0n) is 8.13. The Morgan fingerprint density at radius 3 is 2.69 bits per heavy atom. The quantitative estimate of drug-likeness (QED) is 0.808. The number of hydrogen-bond acceptors (Lipinski definition) is 4. The lowest BCUT2D eigenvalue weighted by Gasteiger charge is -2.13. The fraction of sp³-hybridized carbons (Fsp3) is 0.333. The Kier molecular flexibility index (Phi) is 2.86. The van der Waals surface area contributed by atoms with Crippen LogP contribution in [0.25, 0.3) is 0 Å². The number of rotatable bonds is 2. The topological polar surface area (TPSA) is 83.4 Å². The number of hydrogen-bond donors (Lipinski definition) is 1. The fourth-order valence-corrected chi connectivity index (χ4v) is 2.02. The third kappa shape index (κ3) is 2.04. The molecule has 6 nitrogen and oxygen atoms in total. The molecule has 1 aromatic rings. The number of amides is 1. The Hall–Kier alpha value is -1.50. The molecular formula is C9H8BrN3O3. The summed E-state index contributed by atoms with van der Waals surface area (Å²) in [6.07, 6.45) is 2.86. The molecule has 0 radical (unpaired) electrons. The molecule has 2 heterocycles. The van der Waals surface area contributed by atoms with Crippen LogP contribution in [0.3, 0.4) is 0 Å². The second-order valence-corrected chi connectivity index (χ2v) is 4.67. The van der Waals surface area contributed by atoms with Crippen molar-refractivity contribution in [3.63, 3.8) is 0 Å². The van der Waals surface area contributed by atoms with Gasteiger partial charge < -0.3 is 5.11 Å². The molecule has 1 aliphatic rings. The van der Waals surface area contributed by atoms with E-state index in [-0.39, 0.29) is 16.4 Å². The van der Waals surface area contributed by atoms with Crippen LogP contribution in [-0.2, 0) is 4.79 Å². The molecule has 0 spiro atoms. The summed E-state index contributed by atoms with van der Waals surface area (Å²) in [4.78, 5) is 31.3. The van der Waals surface area contributed by atoms with E-state index in [1.807, 2.05) is 0 Å². The van der Waals surface area contributed by atoms with Gasteiger partial charge in [-0.05, 0) is 0 Å². The van der Waals surface area contributed by atoms with Crippen molar-refractivity contribution in [3.05, 3.63) is 18.1 Å². The minimum Gasteiger partial charge on any atom is -0.476 e. The van der Waals surface area contributed by atoms with Crippen molar-refractivity contribution in [3.8, 4) is 0 Å². The number of nitrogens with zero attached hydrogens (tertiary/aromatic N) is 3. The van der Waals surface area contributed by atoms with Crippen molar-refractivity contribution in [2.45, 2.75) is 11.2 Å². The molecule has 0 aliphatic carbocycles. The summed E-state index contributed by atoms with van der Waals surface area (Å²) >= 11 is 3.35. The molecule has 7 heteroatoms. The van der Waals surface area contributed by atoms with Crippen molar-refractivity contribution >= 4 is 33.6 Å². The molecule has 1 atom stereocenters. The van der Waals surface area contributed by atoms with Crippen LogP contribution in [0, 0.1) is 0 Å². The molecule has 84 valence electrons. The van der Waals surface area contributed by atoms with Crippen molar-refractivity contribution < 1.29 is 14.7 Å². The number of halogens is 1. The van der Waals surface area contributed by atoms with Crippen LogP contribution in [0.1, 0.15) is 16.9 Å². The van der Waals surface area contributed by atoms with E-state index in [2.05, 4.69) is 25.9 Å². The highest BCUT2D eigenvalue weighted by Gasteiger charge is 2.29. The number of alkyl halides is 1. The maximum atomic E-state index is 11.5. The third-order valence-electron chi connectivity index (χ3n) is 2.21. The van der Waals surface area contributed by atoms with E-state index in [1.54, 1.807) is 0 Å². The first-order chi connectivity index (χ1) is 7.58. The van der Waals surface area contributed by atoms with E-state index in [0.717, 1.165) is 6.20 Å². The van der Waals surface area contributed by atoms with Gasteiger partial charge >= 0.3 is 5.97 Å². The summed E-state index contributed by atoms with van der Waals surface area (Å²) in [7, 11) is 0. The lowest BCUT2D eigenvalue weighted by atomic mass is 10.4. The van der Waals surface area contributed by atoms with Gasteiger partial charge in [-0.3, -0.25) is 9.69 Å². The van der Waals surface area contributed by atoms with Gasteiger partial charge in [0.05, 0.1) is 12.4 Å². The van der Waals surface area contributed by atoms with Gasteiger partial charge in [0.2, 0.25) is 5.91 Å². The van der Waals surface area contributed by atoms with Crippen LogP contribution in [0.4, 0.5) is 5.82 Å². The summed E-state index contributed by atoms with van der Waals surface area (Å²) in [5, 5.41) is 8.64. The zero-order valence-corrected chi connectivity index (χ0v) is 9.72. The zero-order chi connectivity index (χ0) is 11.7. The molecule has 1 unspecified atom stereocenters. The van der Waals surface area contributed by atoms with Gasteiger partial charge in [0.25, 0.3) is 0 Å². The predicted octanol–water partition coefficient (Wildman–Crippen LogP) is 0.675. The molecule has 1 saturated heterocycles.